The highest BCUT2D eigenvalue weighted by molar-refractivity contribution is 6.07. The van der Waals surface area contributed by atoms with Crippen LogP contribution in [0.5, 0.6) is 0 Å². The summed E-state index contributed by atoms with van der Waals surface area (Å²) in [4.78, 5) is 13.7. The second-order valence-corrected chi connectivity index (χ2v) is 8.61. The molecule has 0 saturated carbocycles. The minimum Gasteiger partial charge on any atom is -0.293 e. The molecule has 2 unspecified atom stereocenters. The van der Waals surface area contributed by atoms with Crippen LogP contribution < -0.4 is 0 Å². The average molecular weight is 385 g/mol. The SMILES string of the molecule is N#Cc1cccc(-c2ccc3c(c2)C(=O)C2(C=C4C=CC=C5C=CC=C(C2)C54)C3)c1. The van der Waals surface area contributed by atoms with E-state index in [1.165, 1.54) is 16.7 Å². The van der Waals surface area contributed by atoms with Crippen LogP contribution in [0, 0.1) is 22.7 Å². The Hall–Kier alpha value is -3.70. The van der Waals surface area contributed by atoms with Crippen molar-refractivity contribution in [3.63, 3.8) is 0 Å². The van der Waals surface area contributed by atoms with E-state index >= 15 is 0 Å². The van der Waals surface area contributed by atoms with Gasteiger partial charge in [-0.05, 0) is 58.9 Å². The van der Waals surface area contributed by atoms with Gasteiger partial charge in [-0.25, -0.2) is 0 Å². The first-order chi connectivity index (χ1) is 14.7. The van der Waals surface area contributed by atoms with Crippen LogP contribution in [-0.4, -0.2) is 5.78 Å². The van der Waals surface area contributed by atoms with Crippen LogP contribution in [0.1, 0.15) is 27.9 Å². The second kappa shape index (κ2) is 6.15. The van der Waals surface area contributed by atoms with Crippen molar-refractivity contribution in [2.45, 2.75) is 12.8 Å². The van der Waals surface area contributed by atoms with Crippen LogP contribution in [-0.2, 0) is 6.42 Å². The number of nitrogens with zero attached hydrogens (tertiary/aromatic N) is 1. The van der Waals surface area contributed by atoms with Gasteiger partial charge in [0.05, 0.1) is 17.0 Å². The van der Waals surface area contributed by atoms with E-state index in [-0.39, 0.29) is 5.78 Å². The fourth-order valence-electron chi connectivity index (χ4n) is 5.48. The number of allylic oxidation sites excluding steroid dienone is 10. The molecule has 4 aliphatic rings. The van der Waals surface area contributed by atoms with Gasteiger partial charge in [0.1, 0.15) is 0 Å². The number of benzene rings is 2. The molecule has 30 heavy (non-hydrogen) atoms. The fourth-order valence-corrected chi connectivity index (χ4v) is 5.48. The largest absolute Gasteiger partial charge is 0.293 e. The average Bonchev–Trinajstić information content (AvgIpc) is 3.04. The molecule has 2 heteroatoms. The maximum absolute atomic E-state index is 13.7. The number of nitriles is 1. The van der Waals surface area contributed by atoms with Crippen molar-refractivity contribution in [3.05, 3.63) is 118 Å². The molecule has 6 rings (SSSR count). The summed E-state index contributed by atoms with van der Waals surface area (Å²) in [6, 6.07) is 15.9. The molecule has 2 aromatic carbocycles. The van der Waals surface area contributed by atoms with Crippen LogP contribution in [0.2, 0.25) is 0 Å². The molecule has 1 spiro atoms. The Morgan fingerprint density at radius 1 is 0.933 bits per heavy atom. The molecule has 0 heterocycles. The van der Waals surface area contributed by atoms with E-state index in [4.69, 9.17) is 0 Å². The molecule has 0 N–H and O–H groups in total. The highest BCUT2D eigenvalue weighted by Gasteiger charge is 2.48. The minimum atomic E-state index is -0.481. The van der Waals surface area contributed by atoms with Crippen molar-refractivity contribution in [1.29, 1.82) is 5.26 Å². The third-order valence-corrected chi connectivity index (χ3v) is 6.81. The predicted octanol–water partition coefficient (Wildman–Crippen LogP) is 5.89. The monoisotopic (exact) mass is 385 g/mol. The zero-order valence-electron chi connectivity index (χ0n) is 16.4. The van der Waals surface area contributed by atoms with Gasteiger partial charge < -0.3 is 0 Å². The number of hydrogen-bond donors (Lipinski definition) is 0. The molecule has 2 aromatic rings. The number of carbonyl (C=O) groups excluding carboxylic acids is 1. The van der Waals surface area contributed by atoms with Crippen molar-refractivity contribution in [3.8, 4) is 17.2 Å². The van der Waals surface area contributed by atoms with E-state index < -0.39 is 5.41 Å². The first-order valence-electron chi connectivity index (χ1n) is 10.3. The smallest absolute Gasteiger partial charge is 0.173 e. The van der Waals surface area contributed by atoms with Crippen molar-refractivity contribution in [1.82, 2.24) is 0 Å². The lowest BCUT2D eigenvalue weighted by atomic mass is 9.64. The Morgan fingerprint density at radius 3 is 2.67 bits per heavy atom. The number of ketones is 1. The lowest BCUT2D eigenvalue weighted by Gasteiger charge is -2.39. The van der Waals surface area contributed by atoms with Gasteiger partial charge >= 0.3 is 0 Å². The number of fused-ring (bicyclic) bond motifs is 1. The second-order valence-electron chi connectivity index (χ2n) is 8.61. The van der Waals surface area contributed by atoms with Crippen LogP contribution in [0.25, 0.3) is 11.1 Å². The molecule has 0 bridgehead atoms. The first kappa shape index (κ1) is 17.2. The topological polar surface area (TPSA) is 40.9 Å². The van der Waals surface area contributed by atoms with Crippen LogP contribution in [0.3, 0.4) is 0 Å². The molecule has 2 atom stereocenters. The van der Waals surface area contributed by atoms with Crippen molar-refractivity contribution < 1.29 is 4.79 Å². The summed E-state index contributed by atoms with van der Waals surface area (Å²) >= 11 is 0. The summed E-state index contributed by atoms with van der Waals surface area (Å²) in [5.74, 6) is 0.535. The highest BCUT2D eigenvalue weighted by Crippen LogP contribution is 2.52. The van der Waals surface area contributed by atoms with Gasteiger partial charge in [-0.3, -0.25) is 4.79 Å². The van der Waals surface area contributed by atoms with E-state index in [9.17, 15) is 10.1 Å². The summed E-state index contributed by atoms with van der Waals surface area (Å²) in [6.07, 6.45) is 16.7. The van der Waals surface area contributed by atoms with Gasteiger partial charge in [-0.1, -0.05) is 72.4 Å². The van der Waals surface area contributed by atoms with Gasteiger partial charge in [0, 0.05) is 11.5 Å². The van der Waals surface area contributed by atoms with Crippen LogP contribution in [0.15, 0.2) is 102 Å². The van der Waals surface area contributed by atoms with E-state index in [1.54, 1.807) is 6.07 Å². The Bertz CT molecular complexity index is 1320. The lowest BCUT2D eigenvalue weighted by Crippen LogP contribution is -2.34. The summed E-state index contributed by atoms with van der Waals surface area (Å²) in [6.45, 7) is 0. The summed E-state index contributed by atoms with van der Waals surface area (Å²) < 4.78 is 0. The number of carbonyl (C=O) groups is 1. The maximum atomic E-state index is 13.7. The number of Topliss-reactive ketones (excluding diaryl/α,β-unsaturated/α-hetero) is 1. The Labute approximate surface area is 175 Å². The minimum absolute atomic E-state index is 0.224. The molecule has 0 amide bonds. The molecule has 0 saturated heterocycles. The normalized spacial score (nSPS) is 25.2. The molecule has 142 valence electrons. The van der Waals surface area contributed by atoms with Gasteiger partial charge in [-0.2, -0.15) is 5.26 Å². The van der Waals surface area contributed by atoms with E-state index in [2.05, 4.69) is 60.7 Å². The summed E-state index contributed by atoms with van der Waals surface area (Å²) in [5.41, 5.74) is 7.96. The van der Waals surface area contributed by atoms with Gasteiger partial charge in [0.25, 0.3) is 0 Å². The van der Waals surface area contributed by atoms with Crippen molar-refractivity contribution in [2.75, 3.05) is 0 Å². The molecule has 0 aliphatic heterocycles. The Kier molecular flexibility index (Phi) is 3.52. The van der Waals surface area contributed by atoms with Crippen LogP contribution >= 0.6 is 0 Å². The Balaban J connectivity index is 1.43. The summed E-state index contributed by atoms with van der Waals surface area (Å²) in [5, 5.41) is 9.21. The maximum Gasteiger partial charge on any atom is 0.173 e. The van der Waals surface area contributed by atoms with Gasteiger partial charge in [0.2, 0.25) is 0 Å². The molecular weight excluding hydrogens is 366 g/mol. The van der Waals surface area contributed by atoms with Gasteiger partial charge in [-0.15, -0.1) is 0 Å². The van der Waals surface area contributed by atoms with E-state index in [0.29, 0.717) is 11.5 Å². The molecule has 0 radical (unpaired) electrons. The Morgan fingerprint density at radius 2 is 1.77 bits per heavy atom. The van der Waals surface area contributed by atoms with Crippen LogP contribution in [0.4, 0.5) is 0 Å². The fraction of sp³-hybridized carbons (Fsp3) is 0.143. The molecule has 0 aromatic heterocycles. The molecule has 0 fully saturated rings. The quantitative estimate of drug-likeness (QED) is 0.614. The highest BCUT2D eigenvalue weighted by atomic mass is 16.1. The van der Waals surface area contributed by atoms with Crippen molar-refractivity contribution in [2.24, 2.45) is 11.3 Å². The third-order valence-electron chi connectivity index (χ3n) is 6.81. The third kappa shape index (κ3) is 2.39. The summed E-state index contributed by atoms with van der Waals surface area (Å²) in [7, 11) is 0. The lowest BCUT2D eigenvalue weighted by molar-refractivity contribution is 0.0867. The number of rotatable bonds is 1. The zero-order valence-corrected chi connectivity index (χ0v) is 16.4. The molecule has 4 aliphatic carbocycles. The van der Waals surface area contributed by atoms with Gasteiger partial charge in [0.15, 0.2) is 5.78 Å². The molecule has 2 nitrogen and oxygen atoms in total. The standard InChI is InChI=1S/C28H19NO/c29-17-18-4-1-7-20(12-18)21-10-11-22-14-28(27(30)25(22)13-21)15-23-8-2-5-19-6-3-9-24(16-28)26(19)23/h1-13,15,26H,14,16H2. The first-order valence-corrected chi connectivity index (χ1v) is 10.3. The number of hydrogen-bond acceptors (Lipinski definition) is 2. The predicted molar refractivity (Wildman–Crippen MR) is 118 cm³/mol. The zero-order chi connectivity index (χ0) is 20.3. The van der Waals surface area contributed by atoms with E-state index in [0.717, 1.165) is 35.1 Å². The van der Waals surface area contributed by atoms with E-state index in [1.807, 2.05) is 24.3 Å². The molecular formula is C28H19NO. The van der Waals surface area contributed by atoms with Crippen molar-refractivity contribution >= 4 is 5.78 Å².